The predicted octanol–water partition coefficient (Wildman–Crippen LogP) is 2.89. The molecule has 2 aromatic carbocycles. The number of likely N-dealkylation sites (N-methyl/N-ethyl adjacent to an activating group) is 2. The van der Waals surface area contributed by atoms with Crippen molar-refractivity contribution in [3.63, 3.8) is 0 Å². The van der Waals surface area contributed by atoms with E-state index >= 15 is 0 Å². The molecule has 5 rings (SSSR count). The first-order chi connectivity index (χ1) is 20.9. The Kier molecular flexibility index (Phi) is 10.6. The van der Waals surface area contributed by atoms with Crippen LogP contribution >= 0.6 is 0 Å². The largest absolute Gasteiger partial charge is 0.372 e. The number of carbonyl (C=O) groups is 3. The molecule has 228 valence electrons. The average Bonchev–Trinajstić information content (AvgIpc) is 3.02. The molecule has 0 radical (unpaired) electrons. The molecule has 3 aliphatic heterocycles. The first-order valence-corrected chi connectivity index (χ1v) is 15.6. The van der Waals surface area contributed by atoms with E-state index in [2.05, 4.69) is 51.2 Å². The highest BCUT2D eigenvalue weighted by atomic mass is 16.2. The Balaban J connectivity index is 1.30. The molecular formula is C35H45N5O3. The monoisotopic (exact) mass is 583 g/mol. The van der Waals surface area contributed by atoms with E-state index < -0.39 is 11.8 Å². The number of piperazine rings is 2. The molecule has 3 heterocycles. The highest BCUT2D eigenvalue weighted by molar-refractivity contribution is 6.13. The molecule has 8 nitrogen and oxygen atoms in total. The number of nitrogens with one attached hydrogen (secondary N) is 1. The van der Waals surface area contributed by atoms with Gasteiger partial charge in [0, 0.05) is 89.7 Å². The molecule has 3 fully saturated rings. The fraction of sp³-hybridized carbons (Fsp3) is 0.457. The van der Waals surface area contributed by atoms with E-state index in [-0.39, 0.29) is 43.3 Å². The van der Waals surface area contributed by atoms with Crippen LogP contribution < -0.4 is 5.32 Å². The molecule has 2 unspecified atom stereocenters. The van der Waals surface area contributed by atoms with Crippen LogP contribution in [0.1, 0.15) is 24.0 Å². The third kappa shape index (κ3) is 8.28. The summed E-state index contributed by atoms with van der Waals surface area (Å²) in [5.74, 6) is -2.10. The van der Waals surface area contributed by atoms with Crippen LogP contribution in [-0.2, 0) is 14.4 Å². The van der Waals surface area contributed by atoms with Gasteiger partial charge in [-0.15, -0.1) is 0 Å². The summed E-state index contributed by atoms with van der Waals surface area (Å²) < 4.78 is 0. The minimum atomic E-state index is -0.820. The summed E-state index contributed by atoms with van der Waals surface area (Å²) >= 11 is 0. The van der Waals surface area contributed by atoms with Crippen LogP contribution in [0.4, 0.5) is 0 Å². The molecule has 1 N–H and O–H groups in total. The van der Waals surface area contributed by atoms with Gasteiger partial charge in [0.05, 0.1) is 11.8 Å². The number of allylic oxidation sites excluding steroid dienone is 2. The Labute approximate surface area is 256 Å². The number of hydrogen-bond donors (Lipinski definition) is 1. The summed E-state index contributed by atoms with van der Waals surface area (Å²) in [6.07, 6.45) is 4.50. The molecule has 0 bridgehead atoms. The lowest BCUT2D eigenvalue weighted by Gasteiger charge is -2.37. The second-order valence-electron chi connectivity index (χ2n) is 12.1. The minimum absolute atomic E-state index is 0.116. The van der Waals surface area contributed by atoms with Crippen LogP contribution in [0.2, 0.25) is 0 Å². The van der Waals surface area contributed by atoms with Crippen molar-refractivity contribution < 1.29 is 14.4 Å². The first kappa shape index (κ1) is 30.9. The molecule has 0 saturated carbocycles. The van der Waals surface area contributed by atoms with Crippen molar-refractivity contribution in [2.75, 3.05) is 79.5 Å². The number of rotatable bonds is 10. The van der Waals surface area contributed by atoms with E-state index in [4.69, 9.17) is 0 Å². The van der Waals surface area contributed by atoms with Crippen molar-refractivity contribution in [2.24, 2.45) is 11.8 Å². The fourth-order valence-electron chi connectivity index (χ4n) is 6.14. The molecule has 3 aliphatic rings. The Morgan fingerprint density at radius 1 is 0.651 bits per heavy atom. The zero-order valence-electron chi connectivity index (χ0n) is 25.6. The van der Waals surface area contributed by atoms with Gasteiger partial charge in [0.2, 0.25) is 0 Å². The predicted molar refractivity (Wildman–Crippen MR) is 171 cm³/mol. The lowest BCUT2D eigenvalue weighted by molar-refractivity contribution is -0.140. The van der Waals surface area contributed by atoms with Crippen molar-refractivity contribution in [1.29, 1.82) is 0 Å². The van der Waals surface area contributed by atoms with Crippen molar-refractivity contribution in [3.05, 3.63) is 83.2 Å². The summed E-state index contributed by atoms with van der Waals surface area (Å²) in [6, 6.07) is 20.0. The molecule has 8 heteroatoms. The second-order valence-corrected chi connectivity index (χ2v) is 12.1. The van der Waals surface area contributed by atoms with E-state index in [1.165, 1.54) is 0 Å². The highest BCUT2D eigenvalue weighted by Crippen LogP contribution is 2.25. The van der Waals surface area contributed by atoms with Crippen molar-refractivity contribution in [2.45, 2.75) is 12.8 Å². The van der Waals surface area contributed by atoms with E-state index in [0.29, 0.717) is 0 Å². The maximum atomic E-state index is 13.8. The fourth-order valence-corrected chi connectivity index (χ4v) is 6.14. The number of piperidine rings is 1. The first-order valence-electron chi connectivity index (χ1n) is 15.6. The molecule has 0 aliphatic carbocycles. The van der Waals surface area contributed by atoms with Crippen molar-refractivity contribution >= 4 is 29.5 Å². The quantitative estimate of drug-likeness (QED) is 0.428. The molecule has 0 amide bonds. The van der Waals surface area contributed by atoms with Gasteiger partial charge in [-0.05, 0) is 37.4 Å². The second kappa shape index (κ2) is 14.7. The third-order valence-electron chi connectivity index (χ3n) is 8.96. The standard InChI is InChI=1S/C35H45N5O3/c1-37-13-17-39(18-14-37)29(21-27-9-5-3-6-10-27)23-33(41)31-25-36-26-32(35(31)43)34(42)24-30(22-28-11-7-4-8-12-28)40-19-15-38(2)16-20-40/h3-12,21-22,31-32,36H,13-20,23-26H2,1-2H3/b29-21+,30-22+. The topological polar surface area (TPSA) is 76.2 Å². The maximum absolute atomic E-state index is 13.8. The number of hydrogen-bond acceptors (Lipinski definition) is 8. The molecule has 3 saturated heterocycles. The molecule has 2 atom stereocenters. The van der Waals surface area contributed by atoms with Crippen LogP contribution in [-0.4, -0.2) is 116 Å². The van der Waals surface area contributed by atoms with Crippen LogP contribution in [0.15, 0.2) is 72.1 Å². The number of Topliss-reactive ketones (excluding diaryl/α,β-unsaturated/α-hetero) is 3. The van der Waals surface area contributed by atoms with Gasteiger partial charge in [0.25, 0.3) is 0 Å². The SMILES string of the molecule is CN1CCN(/C(=C/c2ccccc2)CC(=O)C2CNCC(C(=O)C/C(=C\c3ccccc3)N3CCN(C)CC3)C2=O)CC1. The lowest BCUT2D eigenvalue weighted by atomic mass is 9.81. The molecule has 2 aromatic rings. The smallest absolute Gasteiger partial charge is 0.156 e. The highest BCUT2D eigenvalue weighted by Gasteiger charge is 2.40. The summed E-state index contributed by atoms with van der Waals surface area (Å²) in [5.41, 5.74) is 3.95. The zero-order valence-corrected chi connectivity index (χ0v) is 25.6. The van der Waals surface area contributed by atoms with Gasteiger partial charge < -0.3 is 24.9 Å². The normalized spacial score (nSPS) is 23.0. The van der Waals surface area contributed by atoms with Crippen LogP contribution in [0.25, 0.3) is 12.2 Å². The number of ketones is 3. The van der Waals surface area contributed by atoms with Crippen molar-refractivity contribution in [3.8, 4) is 0 Å². The van der Waals surface area contributed by atoms with Crippen molar-refractivity contribution in [1.82, 2.24) is 24.9 Å². The molecular weight excluding hydrogens is 538 g/mol. The molecule has 0 spiro atoms. The maximum Gasteiger partial charge on any atom is 0.156 e. The van der Waals surface area contributed by atoms with Gasteiger partial charge in [-0.1, -0.05) is 60.7 Å². The summed E-state index contributed by atoms with van der Waals surface area (Å²) in [4.78, 5) is 50.4. The van der Waals surface area contributed by atoms with E-state index in [1.54, 1.807) is 0 Å². The van der Waals surface area contributed by atoms with E-state index in [1.807, 2.05) is 60.7 Å². The zero-order chi connectivity index (χ0) is 30.2. The lowest BCUT2D eigenvalue weighted by Crippen LogP contribution is -2.51. The summed E-state index contributed by atoms with van der Waals surface area (Å²) in [6.45, 7) is 7.61. The van der Waals surface area contributed by atoms with Crippen LogP contribution in [0.3, 0.4) is 0 Å². The van der Waals surface area contributed by atoms with E-state index in [0.717, 1.165) is 74.9 Å². The van der Waals surface area contributed by atoms with E-state index in [9.17, 15) is 14.4 Å². The Bertz CT molecular complexity index is 1210. The Morgan fingerprint density at radius 2 is 1.02 bits per heavy atom. The average molecular weight is 584 g/mol. The number of benzene rings is 2. The van der Waals surface area contributed by atoms with Gasteiger partial charge in [-0.25, -0.2) is 0 Å². The van der Waals surface area contributed by atoms with Gasteiger partial charge in [0.1, 0.15) is 11.6 Å². The summed E-state index contributed by atoms with van der Waals surface area (Å²) in [5, 5.41) is 3.25. The molecule has 0 aromatic heterocycles. The molecule has 43 heavy (non-hydrogen) atoms. The Morgan fingerprint density at radius 3 is 1.40 bits per heavy atom. The van der Waals surface area contributed by atoms with Gasteiger partial charge in [-0.2, -0.15) is 0 Å². The van der Waals surface area contributed by atoms with Crippen LogP contribution in [0, 0.1) is 11.8 Å². The van der Waals surface area contributed by atoms with Gasteiger partial charge in [-0.3, -0.25) is 14.4 Å². The Hall–Kier alpha value is -3.59. The number of carbonyl (C=O) groups excluding carboxylic acids is 3. The third-order valence-corrected chi connectivity index (χ3v) is 8.96. The van der Waals surface area contributed by atoms with Gasteiger partial charge in [0.15, 0.2) is 5.78 Å². The summed E-state index contributed by atoms with van der Waals surface area (Å²) in [7, 11) is 4.22. The number of nitrogens with zero attached hydrogens (tertiary/aromatic N) is 4. The van der Waals surface area contributed by atoms with Crippen LogP contribution in [0.5, 0.6) is 0 Å². The minimum Gasteiger partial charge on any atom is -0.372 e. The van der Waals surface area contributed by atoms with Gasteiger partial charge >= 0.3 is 0 Å².